The summed E-state index contributed by atoms with van der Waals surface area (Å²) in [5, 5.41) is 0.578. The zero-order chi connectivity index (χ0) is 12.8. The first kappa shape index (κ1) is 12.3. The van der Waals surface area contributed by atoms with Crippen molar-refractivity contribution < 1.29 is 8.42 Å². The minimum Gasteiger partial charge on any atom is -0.354 e. The van der Waals surface area contributed by atoms with Crippen molar-refractivity contribution in [3.8, 4) is 0 Å². The summed E-state index contributed by atoms with van der Waals surface area (Å²) in [5.41, 5.74) is 0.744. The molecule has 1 fully saturated rings. The molecule has 1 N–H and O–H groups in total. The average Bonchev–Trinajstić information content (AvgIpc) is 2.82. The molecule has 0 aromatic heterocycles. The number of rotatable bonds is 1. The van der Waals surface area contributed by atoms with Crippen molar-refractivity contribution in [1.82, 2.24) is 4.72 Å². The Morgan fingerprint density at radius 2 is 2.00 bits per heavy atom. The van der Waals surface area contributed by atoms with Gasteiger partial charge in [0.05, 0.1) is 12.4 Å². The van der Waals surface area contributed by atoms with Crippen LogP contribution in [-0.4, -0.2) is 21.1 Å². The summed E-state index contributed by atoms with van der Waals surface area (Å²) < 4.78 is 26.5. The third-order valence-corrected chi connectivity index (χ3v) is 5.38. The third kappa shape index (κ3) is 2.00. The smallest absolute Gasteiger partial charge is 0.244 e. The Kier molecular flexibility index (Phi) is 3.00. The van der Waals surface area contributed by atoms with E-state index in [2.05, 4.69) is 9.62 Å². The van der Waals surface area contributed by atoms with Crippen LogP contribution in [0, 0.1) is 0 Å². The van der Waals surface area contributed by atoms with Gasteiger partial charge in [0.1, 0.15) is 4.90 Å². The summed E-state index contributed by atoms with van der Waals surface area (Å²) in [4.78, 5) is 2.47. The third-order valence-electron chi connectivity index (χ3n) is 3.71. The molecule has 1 aliphatic carbocycles. The molecule has 0 unspecified atom stereocenters. The monoisotopic (exact) mass is 286 g/mol. The molecule has 4 nitrogen and oxygen atoms in total. The lowest BCUT2D eigenvalue weighted by atomic mass is 10.2. The summed E-state index contributed by atoms with van der Waals surface area (Å²) in [6, 6.07) is 5.39. The molecular formula is C12H15ClN2O2S. The minimum absolute atomic E-state index is 0.338. The SMILES string of the molecule is O=S1(=O)NCN(C2CCCC2)c2cc(Cl)ccc21. The van der Waals surface area contributed by atoms with Crippen molar-refractivity contribution in [2.45, 2.75) is 36.6 Å². The summed E-state index contributed by atoms with van der Waals surface area (Å²) in [6.45, 7) is 0.348. The van der Waals surface area contributed by atoms with Crippen LogP contribution in [0.5, 0.6) is 0 Å². The normalized spacial score (nSPS) is 23.1. The fourth-order valence-electron chi connectivity index (χ4n) is 2.80. The van der Waals surface area contributed by atoms with Crippen LogP contribution in [0.4, 0.5) is 5.69 Å². The highest BCUT2D eigenvalue weighted by atomic mass is 35.5. The highest BCUT2D eigenvalue weighted by molar-refractivity contribution is 7.89. The molecule has 1 aromatic rings. The maximum absolute atomic E-state index is 12.0. The van der Waals surface area contributed by atoms with Gasteiger partial charge in [-0.3, -0.25) is 0 Å². The second-order valence-corrected chi connectivity index (χ2v) is 7.00. The Balaban J connectivity index is 2.08. The first-order valence-electron chi connectivity index (χ1n) is 6.14. The Morgan fingerprint density at radius 1 is 1.28 bits per heavy atom. The molecule has 0 radical (unpaired) electrons. The summed E-state index contributed by atoms with van der Waals surface area (Å²) in [6.07, 6.45) is 4.66. The lowest BCUT2D eigenvalue weighted by Crippen LogP contribution is -2.47. The van der Waals surface area contributed by atoms with E-state index in [1.54, 1.807) is 18.2 Å². The van der Waals surface area contributed by atoms with E-state index in [-0.39, 0.29) is 0 Å². The van der Waals surface area contributed by atoms with E-state index in [0.29, 0.717) is 22.6 Å². The Bertz CT molecular complexity index is 567. The molecule has 98 valence electrons. The van der Waals surface area contributed by atoms with Crippen LogP contribution in [0.15, 0.2) is 23.1 Å². The number of benzene rings is 1. The van der Waals surface area contributed by atoms with Crippen LogP contribution in [0.25, 0.3) is 0 Å². The lowest BCUT2D eigenvalue weighted by Gasteiger charge is -2.36. The van der Waals surface area contributed by atoms with Crippen molar-refractivity contribution in [1.29, 1.82) is 0 Å². The lowest BCUT2D eigenvalue weighted by molar-refractivity contribution is 0.544. The quantitative estimate of drug-likeness (QED) is 0.862. The summed E-state index contributed by atoms with van der Waals surface area (Å²) >= 11 is 6.00. The predicted molar refractivity (Wildman–Crippen MR) is 71.4 cm³/mol. The van der Waals surface area contributed by atoms with E-state index >= 15 is 0 Å². The van der Waals surface area contributed by atoms with Gasteiger partial charge in [0, 0.05) is 11.1 Å². The van der Waals surface area contributed by atoms with E-state index in [1.165, 1.54) is 12.8 Å². The molecule has 0 atom stereocenters. The van der Waals surface area contributed by atoms with Crippen molar-refractivity contribution >= 4 is 27.3 Å². The molecule has 18 heavy (non-hydrogen) atoms. The van der Waals surface area contributed by atoms with Crippen LogP contribution in [-0.2, 0) is 10.0 Å². The molecule has 1 saturated carbocycles. The van der Waals surface area contributed by atoms with Crippen LogP contribution >= 0.6 is 11.6 Å². The largest absolute Gasteiger partial charge is 0.354 e. The zero-order valence-corrected chi connectivity index (χ0v) is 11.5. The van der Waals surface area contributed by atoms with E-state index in [4.69, 9.17) is 11.6 Å². The summed E-state index contributed by atoms with van der Waals surface area (Å²) in [7, 11) is -3.37. The number of fused-ring (bicyclic) bond motifs is 1. The fourth-order valence-corrected chi connectivity index (χ4v) is 4.13. The molecule has 1 heterocycles. The number of anilines is 1. The first-order chi connectivity index (χ1) is 8.58. The van der Waals surface area contributed by atoms with Crippen molar-refractivity contribution in [3.63, 3.8) is 0 Å². The van der Waals surface area contributed by atoms with Gasteiger partial charge in [-0.1, -0.05) is 24.4 Å². The number of halogens is 1. The molecule has 0 amide bonds. The number of hydrogen-bond donors (Lipinski definition) is 1. The maximum Gasteiger partial charge on any atom is 0.244 e. The topological polar surface area (TPSA) is 49.4 Å². The van der Waals surface area contributed by atoms with E-state index in [9.17, 15) is 8.42 Å². The molecule has 6 heteroatoms. The number of nitrogens with one attached hydrogen (secondary N) is 1. The van der Waals surface area contributed by atoms with Crippen LogP contribution < -0.4 is 9.62 Å². The molecule has 1 aromatic carbocycles. The van der Waals surface area contributed by atoms with Crippen LogP contribution in [0.2, 0.25) is 5.02 Å². The summed E-state index contributed by atoms with van der Waals surface area (Å²) in [5.74, 6) is 0. The van der Waals surface area contributed by atoms with Gasteiger partial charge in [-0.2, -0.15) is 4.72 Å². The van der Waals surface area contributed by atoms with Crippen LogP contribution in [0.3, 0.4) is 0 Å². The highest BCUT2D eigenvalue weighted by Crippen LogP contribution is 2.36. The van der Waals surface area contributed by atoms with Crippen LogP contribution in [0.1, 0.15) is 25.7 Å². The van der Waals surface area contributed by atoms with E-state index < -0.39 is 10.0 Å². The van der Waals surface area contributed by atoms with Gasteiger partial charge in [0.25, 0.3) is 0 Å². The molecule has 2 aliphatic rings. The van der Waals surface area contributed by atoms with Gasteiger partial charge in [-0.25, -0.2) is 8.42 Å². The minimum atomic E-state index is -3.37. The second-order valence-electron chi connectivity index (χ2n) is 4.83. The van der Waals surface area contributed by atoms with Gasteiger partial charge in [0.15, 0.2) is 0 Å². The van der Waals surface area contributed by atoms with Gasteiger partial charge in [-0.15, -0.1) is 0 Å². The van der Waals surface area contributed by atoms with Crippen molar-refractivity contribution in [3.05, 3.63) is 23.2 Å². The number of hydrogen-bond acceptors (Lipinski definition) is 3. The van der Waals surface area contributed by atoms with Crippen molar-refractivity contribution in [2.24, 2.45) is 0 Å². The van der Waals surface area contributed by atoms with Gasteiger partial charge >= 0.3 is 0 Å². The molecule has 3 rings (SSSR count). The molecule has 1 aliphatic heterocycles. The number of sulfonamides is 1. The number of nitrogens with zero attached hydrogens (tertiary/aromatic N) is 1. The molecule has 0 bridgehead atoms. The Hall–Kier alpha value is -0.780. The van der Waals surface area contributed by atoms with E-state index in [1.807, 2.05) is 0 Å². The maximum atomic E-state index is 12.0. The van der Waals surface area contributed by atoms with Gasteiger partial charge in [0.2, 0.25) is 10.0 Å². The highest BCUT2D eigenvalue weighted by Gasteiger charge is 2.32. The first-order valence-corrected chi connectivity index (χ1v) is 8.00. The molecule has 0 spiro atoms. The Morgan fingerprint density at radius 3 is 2.72 bits per heavy atom. The van der Waals surface area contributed by atoms with Gasteiger partial charge in [-0.05, 0) is 31.0 Å². The second kappa shape index (κ2) is 4.40. The Labute approximate surface area is 112 Å². The molecule has 0 saturated heterocycles. The zero-order valence-electron chi connectivity index (χ0n) is 9.89. The predicted octanol–water partition coefficient (Wildman–Crippen LogP) is 2.34. The molecular weight excluding hydrogens is 272 g/mol. The van der Waals surface area contributed by atoms with Crippen molar-refractivity contribution in [2.75, 3.05) is 11.6 Å². The van der Waals surface area contributed by atoms with E-state index in [0.717, 1.165) is 18.5 Å². The average molecular weight is 287 g/mol. The van der Waals surface area contributed by atoms with Gasteiger partial charge < -0.3 is 4.90 Å². The standard InChI is InChI=1S/C12H15ClN2O2S/c13-9-5-6-12-11(7-9)15(8-14-18(12,16)17)10-3-1-2-4-10/h5-7,10,14H,1-4,8H2. The fraction of sp³-hybridized carbons (Fsp3) is 0.500.